The van der Waals surface area contributed by atoms with Gasteiger partial charge in [0, 0.05) is 11.8 Å². The van der Waals surface area contributed by atoms with Crippen molar-refractivity contribution in [3.8, 4) is 0 Å². The van der Waals surface area contributed by atoms with Crippen LogP contribution in [0.2, 0.25) is 0 Å². The van der Waals surface area contributed by atoms with Crippen LogP contribution in [0.4, 0.5) is 0 Å². The molecule has 4 heteroatoms. The number of carbonyl (C=O) groups excluding carboxylic acids is 1. The molecule has 0 unspecified atom stereocenters. The number of ketones is 1. The van der Waals surface area contributed by atoms with E-state index in [1.54, 1.807) is 19.9 Å². The zero-order chi connectivity index (χ0) is 14.5. The van der Waals surface area contributed by atoms with Gasteiger partial charge in [0.2, 0.25) is 0 Å². The fourth-order valence-electron chi connectivity index (χ4n) is 3.87. The first kappa shape index (κ1) is 14.7. The van der Waals surface area contributed by atoms with Crippen molar-refractivity contribution in [1.29, 1.82) is 0 Å². The fraction of sp³-hybridized carbons (Fsp3) is 0.800. The molecule has 0 radical (unpaired) electrons. The standard InChI is InChI=1S/C15H24O4/c1-10-7-12(16)9-14(4)6-5-11(13(2,3)17)8-15(10,14)19-18/h7,11,17-18H,5-6,8-9H2,1-4H3/t11-,14-,15+/m0/s1. The molecule has 0 spiro atoms. The summed E-state index contributed by atoms with van der Waals surface area (Å²) in [5, 5.41) is 19.8. The van der Waals surface area contributed by atoms with Crippen molar-refractivity contribution in [2.24, 2.45) is 11.3 Å². The Labute approximate surface area is 114 Å². The van der Waals surface area contributed by atoms with E-state index in [9.17, 15) is 15.2 Å². The third-order valence-electron chi connectivity index (χ3n) is 5.29. The second kappa shape index (κ2) is 4.40. The lowest BCUT2D eigenvalue weighted by molar-refractivity contribution is -0.354. The Morgan fingerprint density at radius 1 is 1.47 bits per heavy atom. The molecule has 3 atom stereocenters. The van der Waals surface area contributed by atoms with Gasteiger partial charge >= 0.3 is 0 Å². The Bertz CT molecular complexity index is 420. The fourth-order valence-corrected chi connectivity index (χ4v) is 3.87. The third kappa shape index (κ3) is 2.16. The molecular formula is C15H24O4. The van der Waals surface area contributed by atoms with Gasteiger partial charge in [-0.1, -0.05) is 6.92 Å². The van der Waals surface area contributed by atoms with Crippen LogP contribution in [0, 0.1) is 11.3 Å². The molecule has 108 valence electrons. The molecule has 1 fully saturated rings. The van der Waals surface area contributed by atoms with Gasteiger partial charge in [-0.2, -0.15) is 0 Å². The van der Waals surface area contributed by atoms with E-state index in [-0.39, 0.29) is 17.1 Å². The van der Waals surface area contributed by atoms with Crippen LogP contribution in [0.1, 0.15) is 53.4 Å². The van der Waals surface area contributed by atoms with Crippen molar-refractivity contribution in [3.63, 3.8) is 0 Å². The molecule has 19 heavy (non-hydrogen) atoms. The van der Waals surface area contributed by atoms with Gasteiger partial charge in [-0.25, -0.2) is 4.89 Å². The van der Waals surface area contributed by atoms with Gasteiger partial charge in [0.15, 0.2) is 5.78 Å². The number of hydrogen-bond acceptors (Lipinski definition) is 4. The van der Waals surface area contributed by atoms with E-state index in [0.717, 1.165) is 18.4 Å². The molecular weight excluding hydrogens is 244 g/mol. The van der Waals surface area contributed by atoms with Crippen LogP contribution in [0.3, 0.4) is 0 Å². The number of hydrogen-bond donors (Lipinski definition) is 2. The number of allylic oxidation sites excluding steroid dienone is 1. The molecule has 2 aliphatic carbocycles. The minimum Gasteiger partial charge on any atom is -0.390 e. The van der Waals surface area contributed by atoms with Crippen LogP contribution in [-0.2, 0) is 9.68 Å². The average molecular weight is 268 g/mol. The molecule has 2 rings (SSSR count). The zero-order valence-electron chi connectivity index (χ0n) is 12.2. The van der Waals surface area contributed by atoms with Gasteiger partial charge in [-0.05, 0) is 57.6 Å². The Morgan fingerprint density at radius 2 is 2.11 bits per heavy atom. The second-order valence-corrected chi connectivity index (χ2v) is 7.04. The molecule has 1 saturated carbocycles. The Hall–Kier alpha value is -0.710. The SMILES string of the molecule is CC1=CC(=O)C[C@]2(C)CC[C@H](C(C)(C)O)C[C@@]12OO. The molecule has 0 saturated heterocycles. The average Bonchev–Trinajstić information content (AvgIpc) is 2.26. The largest absolute Gasteiger partial charge is 0.390 e. The van der Waals surface area contributed by atoms with Crippen molar-refractivity contribution in [1.82, 2.24) is 0 Å². The highest BCUT2D eigenvalue weighted by molar-refractivity contribution is 5.92. The maximum Gasteiger partial charge on any atom is 0.156 e. The van der Waals surface area contributed by atoms with Crippen molar-refractivity contribution >= 4 is 5.78 Å². The van der Waals surface area contributed by atoms with E-state index >= 15 is 0 Å². The van der Waals surface area contributed by atoms with E-state index in [1.165, 1.54) is 0 Å². The smallest absolute Gasteiger partial charge is 0.156 e. The highest BCUT2D eigenvalue weighted by Gasteiger charge is 2.58. The maximum absolute atomic E-state index is 11.8. The summed E-state index contributed by atoms with van der Waals surface area (Å²) in [4.78, 5) is 16.7. The number of carbonyl (C=O) groups is 1. The summed E-state index contributed by atoms with van der Waals surface area (Å²) in [7, 11) is 0. The summed E-state index contributed by atoms with van der Waals surface area (Å²) in [6.07, 6.45) is 4.11. The van der Waals surface area contributed by atoms with E-state index in [1.807, 2.05) is 13.8 Å². The van der Waals surface area contributed by atoms with Gasteiger partial charge in [-0.15, -0.1) is 0 Å². The summed E-state index contributed by atoms with van der Waals surface area (Å²) >= 11 is 0. The predicted octanol–water partition coefficient (Wildman–Crippen LogP) is 2.71. The van der Waals surface area contributed by atoms with Gasteiger partial charge < -0.3 is 5.11 Å². The summed E-state index contributed by atoms with van der Waals surface area (Å²) in [6.45, 7) is 7.41. The van der Waals surface area contributed by atoms with Gasteiger partial charge in [0.05, 0.1) is 5.60 Å². The number of fused-ring (bicyclic) bond motifs is 1. The van der Waals surface area contributed by atoms with Crippen molar-refractivity contribution in [2.75, 3.05) is 0 Å². The summed E-state index contributed by atoms with van der Waals surface area (Å²) in [5.74, 6) is 0.138. The predicted molar refractivity (Wildman–Crippen MR) is 71.6 cm³/mol. The molecule has 2 N–H and O–H groups in total. The van der Waals surface area contributed by atoms with E-state index in [4.69, 9.17) is 4.89 Å². The van der Waals surface area contributed by atoms with Gasteiger partial charge in [-0.3, -0.25) is 10.1 Å². The highest BCUT2D eigenvalue weighted by atomic mass is 17.1. The first-order valence-corrected chi connectivity index (χ1v) is 6.91. The van der Waals surface area contributed by atoms with Crippen LogP contribution >= 0.6 is 0 Å². The van der Waals surface area contributed by atoms with Crippen molar-refractivity contribution in [2.45, 2.75) is 64.6 Å². The van der Waals surface area contributed by atoms with Crippen LogP contribution in [0.15, 0.2) is 11.6 Å². The quantitative estimate of drug-likeness (QED) is 0.597. The molecule has 2 aliphatic rings. The van der Waals surface area contributed by atoms with E-state index in [0.29, 0.717) is 12.8 Å². The molecule has 0 amide bonds. The molecule has 0 aliphatic heterocycles. The molecule has 0 bridgehead atoms. The molecule has 4 nitrogen and oxygen atoms in total. The van der Waals surface area contributed by atoms with Gasteiger partial charge in [0.25, 0.3) is 0 Å². The molecule has 0 aromatic rings. The third-order valence-corrected chi connectivity index (χ3v) is 5.29. The number of aliphatic hydroxyl groups is 1. The first-order chi connectivity index (χ1) is 8.64. The minimum absolute atomic E-state index is 0.0456. The van der Waals surface area contributed by atoms with Crippen LogP contribution in [0.25, 0.3) is 0 Å². The van der Waals surface area contributed by atoms with Crippen LogP contribution in [0.5, 0.6) is 0 Å². The summed E-state index contributed by atoms with van der Waals surface area (Å²) in [5.41, 5.74) is -1.28. The summed E-state index contributed by atoms with van der Waals surface area (Å²) in [6, 6.07) is 0. The number of rotatable bonds is 2. The van der Waals surface area contributed by atoms with Gasteiger partial charge in [0.1, 0.15) is 5.60 Å². The van der Waals surface area contributed by atoms with E-state index < -0.39 is 11.2 Å². The monoisotopic (exact) mass is 268 g/mol. The lowest BCUT2D eigenvalue weighted by Crippen LogP contribution is -2.58. The lowest BCUT2D eigenvalue weighted by Gasteiger charge is -2.55. The lowest BCUT2D eigenvalue weighted by atomic mass is 9.53. The van der Waals surface area contributed by atoms with E-state index in [2.05, 4.69) is 0 Å². The second-order valence-electron chi connectivity index (χ2n) is 7.04. The maximum atomic E-state index is 11.8. The van der Waals surface area contributed by atoms with Crippen molar-refractivity contribution < 1.29 is 20.0 Å². The summed E-state index contributed by atoms with van der Waals surface area (Å²) < 4.78 is 0. The molecule has 0 aromatic carbocycles. The Morgan fingerprint density at radius 3 is 2.63 bits per heavy atom. The normalized spacial score (nSPS) is 39.8. The van der Waals surface area contributed by atoms with Crippen LogP contribution in [-0.4, -0.2) is 27.3 Å². The molecule has 0 aromatic heterocycles. The highest BCUT2D eigenvalue weighted by Crippen LogP contribution is 2.57. The van der Waals surface area contributed by atoms with Crippen molar-refractivity contribution in [3.05, 3.63) is 11.6 Å². The van der Waals surface area contributed by atoms with Crippen LogP contribution < -0.4 is 0 Å². The Kier molecular flexibility index (Phi) is 3.40. The zero-order valence-corrected chi connectivity index (χ0v) is 12.2. The minimum atomic E-state index is -0.843. The first-order valence-electron chi connectivity index (χ1n) is 6.91. The molecule has 0 heterocycles. The Balaban J connectivity index is 2.44. The topological polar surface area (TPSA) is 66.8 Å².